The Balaban J connectivity index is 1.69. The van der Waals surface area contributed by atoms with Crippen LogP contribution in [-0.2, 0) is 33.6 Å². The number of amides is 1. The standard InChI is InChI=1S/C17H19NO5/c1-22-15(17(20)21)8-18-16(19)7-12-9-23-14-6-11-4-2-3-10(11)5-13(12)14/h5-6,9,15H,2-4,7-8H2,1H3,(H,18,19)(H,20,21). The summed E-state index contributed by atoms with van der Waals surface area (Å²) in [5, 5.41) is 12.4. The zero-order chi connectivity index (χ0) is 16.4. The Bertz CT molecular complexity index is 749. The molecule has 3 rings (SSSR count). The van der Waals surface area contributed by atoms with Gasteiger partial charge in [-0.05, 0) is 42.5 Å². The van der Waals surface area contributed by atoms with Gasteiger partial charge in [-0.3, -0.25) is 4.79 Å². The number of fused-ring (bicyclic) bond motifs is 2. The lowest BCUT2D eigenvalue weighted by Gasteiger charge is -2.11. The van der Waals surface area contributed by atoms with Gasteiger partial charge in [0.2, 0.25) is 5.91 Å². The van der Waals surface area contributed by atoms with E-state index in [9.17, 15) is 9.59 Å². The van der Waals surface area contributed by atoms with E-state index >= 15 is 0 Å². The van der Waals surface area contributed by atoms with E-state index in [0.29, 0.717) is 0 Å². The average Bonchev–Trinajstić information content (AvgIpc) is 3.12. The minimum absolute atomic E-state index is 0.0597. The van der Waals surface area contributed by atoms with E-state index < -0.39 is 12.1 Å². The number of aryl methyl sites for hydroxylation is 2. The topological polar surface area (TPSA) is 88.8 Å². The number of furan rings is 1. The maximum absolute atomic E-state index is 12.0. The molecule has 0 radical (unpaired) electrons. The number of aliphatic carboxylic acids is 1. The van der Waals surface area contributed by atoms with Crippen LogP contribution in [0.5, 0.6) is 0 Å². The predicted octanol–water partition coefficient (Wildman–Crippen LogP) is 1.68. The number of carboxylic acid groups (broad SMARTS) is 1. The molecular formula is C17H19NO5. The van der Waals surface area contributed by atoms with Gasteiger partial charge in [-0.25, -0.2) is 4.79 Å². The van der Waals surface area contributed by atoms with Crippen molar-refractivity contribution in [1.29, 1.82) is 0 Å². The lowest BCUT2D eigenvalue weighted by Crippen LogP contribution is -2.38. The number of hydrogen-bond donors (Lipinski definition) is 2. The van der Waals surface area contributed by atoms with Crippen LogP contribution in [-0.4, -0.2) is 36.7 Å². The molecule has 1 heterocycles. The van der Waals surface area contributed by atoms with E-state index in [1.165, 1.54) is 18.2 Å². The molecule has 23 heavy (non-hydrogen) atoms. The molecule has 0 spiro atoms. The van der Waals surface area contributed by atoms with E-state index in [1.807, 2.05) is 0 Å². The summed E-state index contributed by atoms with van der Waals surface area (Å²) >= 11 is 0. The number of methoxy groups -OCH3 is 1. The van der Waals surface area contributed by atoms with Crippen molar-refractivity contribution in [3.63, 3.8) is 0 Å². The van der Waals surface area contributed by atoms with Gasteiger partial charge < -0.3 is 19.6 Å². The van der Waals surface area contributed by atoms with Crippen molar-refractivity contribution in [2.45, 2.75) is 31.8 Å². The first-order valence-corrected chi connectivity index (χ1v) is 7.62. The van der Waals surface area contributed by atoms with Gasteiger partial charge in [0.05, 0.1) is 19.2 Å². The molecule has 2 aromatic rings. The van der Waals surface area contributed by atoms with Crippen molar-refractivity contribution in [3.8, 4) is 0 Å². The second kappa shape index (κ2) is 6.42. The maximum Gasteiger partial charge on any atom is 0.334 e. The Labute approximate surface area is 133 Å². The number of rotatable bonds is 6. The summed E-state index contributed by atoms with van der Waals surface area (Å²) < 4.78 is 10.3. The van der Waals surface area contributed by atoms with Crippen LogP contribution >= 0.6 is 0 Å². The molecule has 2 N–H and O–H groups in total. The highest BCUT2D eigenvalue weighted by Gasteiger charge is 2.19. The van der Waals surface area contributed by atoms with Gasteiger partial charge in [0.1, 0.15) is 5.58 Å². The Kier molecular flexibility index (Phi) is 4.34. The van der Waals surface area contributed by atoms with Crippen molar-refractivity contribution < 1.29 is 23.8 Å². The van der Waals surface area contributed by atoms with Gasteiger partial charge in [-0.15, -0.1) is 0 Å². The number of carbonyl (C=O) groups excluding carboxylic acids is 1. The molecule has 0 saturated heterocycles. The SMILES string of the molecule is COC(CNC(=O)Cc1coc2cc3c(cc12)CCC3)C(=O)O. The molecule has 122 valence electrons. The zero-order valence-electron chi connectivity index (χ0n) is 12.9. The number of ether oxygens (including phenoxy) is 1. The smallest absolute Gasteiger partial charge is 0.334 e. The number of nitrogens with one attached hydrogen (secondary N) is 1. The number of hydrogen-bond acceptors (Lipinski definition) is 4. The molecule has 1 aromatic carbocycles. The van der Waals surface area contributed by atoms with Crippen LogP contribution in [0, 0.1) is 0 Å². The second-order valence-corrected chi connectivity index (χ2v) is 5.78. The molecule has 1 aromatic heterocycles. The molecule has 1 aliphatic rings. The van der Waals surface area contributed by atoms with E-state index in [4.69, 9.17) is 14.3 Å². The molecular weight excluding hydrogens is 298 g/mol. The highest BCUT2D eigenvalue weighted by Crippen LogP contribution is 2.30. The lowest BCUT2D eigenvalue weighted by atomic mass is 10.0. The molecule has 1 aliphatic carbocycles. The molecule has 1 unspecified atom stereocenters. The fraction of sp³-hybridized carbons (Fsp3) is 0.412. The quantitative estimate of drug-likeness (QED) is 0.846. The van der Waals surface area contributed by atoms with Gasteiger partial charge in [0.25, 0.3) is 0 Å². The highest BCUT2D eigenvalue weighted by molar-refractivity contribution is 5.89. The largest absolute Gasteiger partial charge is 0.479 e. The van der Waals surface area contributed by atoms with E-state index in [0.717, 1.165) is 35.8 Å². The van der Waals surface area contributed by atoms with Crippen LogP contribution in [0.15, 0.2) is 22.8 Å². The molecule has 6 nitrogen and oxygen atoms in total. The average molecular weight is 317 g/mol. The van der Waals surface area contributed by atoms with E-state index in [1.54, 1.807) is 6.26 Å². The van der Waals surface area contributed by atoms with Crippen LogP contribution in [0.4, 0.5) is 0 Å². The molecule has 0 bridgehead atoms. The van der Waals surface area contributed by atoms with Gasteiger partial charge >= 0.3 is 5.97 Å². The third-order valence-electron chi connectivity index (χ3n) is 4.26. The summed E-state index contributed by atoms with van der Waals surface area (Å²) in [4.78, 5) is 22.9. The first-order valence-electron chi connectivity index (χ1n) is 7.62. The summed E-state index contributed by atoms with van der Waals surface area (Å²) in [6.45, 7) is -0.0597. The van der Waals surface area contributed by atoms with Crippen molar-refractivity contribution in [2.24, 2.45) is 0 Å². The molecule has 0 saturated carbocycles. The molecule has 6 heteroatoms. The summed E-state index contributed by atoms with van der Waals surface area (Å²) in [5.74, 6) is -1.35. The maximum atomic E-state index is 12.0. The summed E-state index contributed by atoms with van der Waals surface area (Å²) in [6, 6.07) is 4.17. The van der Waals surface area contributed by atoms with Crippen LogP contribution in [0.25, 0.3) is 11.0 Å². The monoisotopic (exact) mass is 317 g/mol. The fourth-order valence-electron chi connectivity index (χ4n) is 3.00. The van der Waals surface area contributed by atoms with Crippen LogP contribution < -0.4 is 5.32 Å². The number of carbonyl (C=O) groups is 2. The zero-order valence-corrected chi connectivity index (χ0v) is 12.9. The predicted molar refractivity (Wildman–Crippen MR) is 83.4 cm³/mol. The lowest BCUT2D eigenvalue weighted by molar-refractivity contribution is -0.148. The third kappa shape index (κ3) is 3.22. The fourth-order valence-corrected chi connectivity index (χ4v) is 3.00. The molecule has 1 atom stereocenters. The third-order valence-corrected chi connectivity index (χ3v) is 4.26. The Morgan fingerprint density at radius 2 is 2.09 bits per heavy atom. The normalized spacial score (nSPS) is 14.7. The van der Waals surface area contributed by atoms with Crippen molar-refractivity contribution in [3.05, 3.63) is 35.1 Å². The summed E-state index contributed by atoms with van der Waals surface area (Å²) in [5.41, 5.74) is 4.27. The second-order valence-electron chi connectivity index (χ2n) is 5.78. The van der Waals surface area contributed by atoms with Gasteiger partial charge in [-0.2, -0.15) is 0 Å². The van der Waals surface area contributed by atoms with Gasteiger partial charge in [0, 0.05) is 18.1 Å². The Morgan fingerprint density at radius 1 is 1.35 bits per heavy atom. The molecule has 0 fully saturated rings. The first kappa shape index (κ1) is 15.6. The van der Waals surface area contributed by atoms with Crippen LogP contribution in [0.2, 0.25) is 0 Å². The minimum atomic E-state index is -1.10. The van der Waals surface area contributed by atoms with Crippen molar-refractivity contribution >= 4 is 22.8 Å². The van der Waals surface area contributed by atoms with Crippen LogP contribution in [0.3, 0.4) is 0 Å². The minimum Gasteiger partial charge on any atom is -0.479 e. The first-order chi connectivity index (χ1) is 11.1. The Hall–Kier alpha value is -2.34. The highest BCUT2D eigenvalue weighted by atomic mass is 16.5. The number of carboxylic acids is 1. The summed E-state index contributed by atoms with van der Waals surface area (Å²) in [6.07, 6.45) is 4.02. The van der Waals surface area contributed by atoms with Gasteiger partial charge in [-0.1, -0.05) is 0 Å². The molecule has 0 aliphatic heterocycles. The van der Waals surface area contributed by atoms with Gasteiger partial charge in [0.15, 0.2) is 6.10 Å². The van der Waals surface area contributed by atoms with E-state index in [2.05, 4.69) is 17.4 Å². The summed E-state index contributed by atoms with van der Waals surface area (Å²) in [7, 11) is 1.30. The van der Waals surface area contributed by atoms with Crippen molar-refractivity contribution in [2.75, 3.05) is 13.7 Å². The van der Waals surface area contributed by atoms with E-state index in [-0.39, 0.29) is 18.9 Å². The Morgan fingerprint density at radius 3 is 2.78 bits per heavy atom. The number of benzene rings is 1. The molecule has 1 amide bonds. The van der Waals surface area contributed by atoms with Crippen molar-refractivity contribution in [1.82, 2.24) is 5.32 Å². The van der Waals surface area contributed by atoms with Crippen LogP contribution in [0.1, 0.15) is 23.1 Å².